The predicted octanol–water partition coefficient (Wildman–Crippen LogP) is 1.64. The van der Waals surface area contributed by atoms with Gasteiger partial charge in [-0.05, 0) is 74.1 Å². The zero-order valence-electron chi connectivity index (χ0n) is 23.5. The van der Waals surface area contributed by atoms with E-state index in [1.165, 1.54) is 0 Å². The highest BCUT2D eigenvalue weighted by Gasteiger charge is 2.32. The van der Waals surface area contributed by atoms with Crippen LogP contribution in [-0.2, 0) is 23.8 Å². The molecule has 2 heterocycles. The molecule has 0 saturated carbocycles. The number of nitrogens with two attached hydrogens (primary N) is 3. The molecule has 0 bridgehead atoms. The van der Waals surface area contributed by atoms with E-state index in [0.717, 1.165) is 25.7 Å². The lowest BCUT2D eigenvalue weighted by Crippen LogP contribution is -2.48. The van der Waals surface area contributed by atoms with Gasteiger partial charge < -0.3 is 24.0 Å². The normalized spacial score (nSPS) is 19.7. The monoisotopic (exact) mass is 532 g/mol. The van der Waals surface area contributed by atoms with Crippen molar-refractivity contribution in [2.24, 2.45) is 29.4 Å². The zero-order chi connectivity index (χ0) is 28.8. The third kappa shape index (κ3) is 14.0. The van der Waals surface area contributed by atoms with Gasteiger partial charge in [-0.1, -0.05) is 0 Å². The number of hydrogen-bond acceptors (Lipinski definition) is 10. The molecule has 37 heavy (non-hydrogen) atoms. The molecule has 0 radical (unpaired) electrons. The van der Waals surface area contributed by atoms with Crippen molar-refractivity contribution in [2.75, 3.05) is 32.8 Å². The summed E-state index contributed by atoms with van der Waals surface area (Å²) in [5, 5.41) is 0. The van der Waals surface area contributed by atoms with E-state index in [2.05, 4.69) is 17.1 Å². The van der Waals surface area contributed by atoms with Crippen LogP contribution in [0.15, 0.2) is 0 Å². The smallest absolute Gasteiger partial charge is 0.410 e. The maximum absolute atomic E-state index is 11.9. The molecule has 7 N–H and O–H groups in total. The van der Waals surface area contributed by atoms with Crippen LogP contribution in [0, 0.1) is 11.8 Å². The minimum absolute atomic E-state index is 0.216. The Hall–Kier alpha value is -2.64. The average molecular weight is 533 g/mol. The topological polar surface area (TPSA) is 193 Å². The van der Waals surface area contributed by atoms with Gasteiger partial charge in [0, 0.05) is 26.2 Å². The number of hydrogen-bond donors (Lipinski definition) is 4. The van der Waals surface area contributed by atoms with Gasteiger partial charge in [0.05, 0.1) is 18.4 Å². The van der Waals surface area contributed by atoms with Crippen molar-refractivity contribution in [1.82, 2.24) is 15.2 Å². The lowest BCUT2D eigenvalue weighted by Gasteiger charge is -2.33. The van der Waals surface area contributed by atoms with Gasteiger partial charge >= 0.3 is 18.2 Å². The largest absolute Gasteiger partial charge is 0.466 e. The van der Waals surface area contributed by atoms with Gasteiger partial charge in [0.25, 0.3) is 0 Å². The second kappa shape index (κ2) is 16.3. The third-order valence-corrected chi connectivity index (χ3v) is 5.28. The molecule has 0 aromatic heterocycles. The molecule has 0 aliphatic carbocycles. The maximum Gasteiger partial charge on any atom is 0.410 e. The molecule has 0 spiro atoms. The Balaban J connectivity index is 0.000000657. The minimum atomic E-state index is -0.514. The summed E-state index contributed by atoms with van der Waals surface area (Å²) in [5.74, 6) is 12.2. The van der Waals surface area contributed by atoms with Crippen molar-refractivity contribution in [2.45, 2.75) is 85.4 Å². The summed E-state index contributed by atoms with van der Waals surface area (Å²) in [4.78, 5) is 49.9. The highest BCUT2D eigenvalue weighted by molar-refractivity contribution is 5.79. The summed E-state index contributed by atoms with van der Waals surface area (Å²) >= 11 is 0. The highest BCUT2D eigenvalue weighted by atomic mass is 16.6. The molecule has 216 valence electrons. The third-order valence-electron chi connectivity index (χ3n) is 5.28. The van der Waals surface area contributed by atoms with Crippen LogP contribution in [0.4, 0.5) is 9.59 Å². The second-order valence-electron chi connectivity index (χ2n) is 10.8. The summed E-state index contributed by atoms with van der Waals surface area (Å²) < 4.78 is 15.6. The molecule has 3 amide bonds. The van der Waals surface area contributed by atoms with Gasteiger partial charge in [0.2, 0.25) is 5.91 Å². The molecular weight excluding hydrogens is 484 g/mol. The van der Waals surface area contributed by atoms with Crippen molar-refractivity contribution in [3.63, 3.8) is 0 Å². The van der Waals surface area contributed by atoms with E-state index in [1.807, 2.05) is 41.5 Å². The summed E-state index contributed by atoms with van der Waals surface area (Å²) in [5.41, 5.74) is 1.10. The number of nitrogens with zero attached hydrogens (tertiary/aromatic N) is 2. The van der Waals surface area contributed by atoms with E-state index in [1.54, 1.807) is 16.7 Å². The average Bonchev–Trinajstić information content (AvgIpc) is 2.83. The fraction of sp³-hybridized carbons (Fsp3) is 0.833. The van der Waals surface area contributed by atoms with Crippen LogP contribution in [0.2, 0.25) is 0 Å². The number of amides is 3. The Morgan fingerprint density at radius 2 is 1.22 bits per heavy atom. The molecule has 2 aliphatic rings. The molecule has 2 saturated heterocycles. The number of piperidine rings is 2. The predicted molar refractivity (Wildman–Crippen MR) is 138 cm³/mol. The quantitative estimate of drug-likeness (QED) is 0.136. The molecule has 13 heteroatoms. The van der Waals surface area contributed by atoms with Crippen LogP contribution >= 0.6 is 0 Å². The summed E-state index contributed by atoms with van der Waals surface area (Å²) in [6, 6.07) is 0. The first-order valence-electron chi connectivity index (χ1n) is 12.6. The van der Waals surface area contributed by atoms with Gasteiger partial charge in [0.15, 0.2) is 0 Å². The standard InChI is InChI=1S/C13H23NO4.C11H21N3O3.H4N2/c1-5-17-11(15)10-7-6-8-14(9-10)12(16)18-13(2,3)4;1-11(2,3)17-10(16)14-6-4-5-8(7-14)9(15)13-12;1-2/h10H,5-9H2,1-4H3;8H,4-7,12H2,1-3H3,(H,13,15);1-2H2/t10-;8-;/m11./s1. The molecule has 2 fully saturated rings. The SMILES string of the molecule is CC(C)(C)OC(=O)N1CCC[C@@H](C(=O)NN)C1.CCOC(=O)[C@@H]1CCCN(C(=O)OC(C)(C)C)C1.NN. The number of carbonyl (C=O) groups is 4. The number of esters is 1. The zero-order valence-corrected chi connectivity index (χ0v) is 23.5. The van der Waals surface area contributed by atoms with Gasteiger partial charge in [-0.15, -0.1) is 0 Å². The van der Waals surface area contributed by atoms with Crippen LogP contribution in [0.5, 0.6) is 0 Å². The number of carbonyl (C=O) groups excluding carboxylic acids is 4. The number of rotatable bonds is 3. The van der Waals surface area contributed by atoms with E-state index in [9.17, 15) is 19.2 Å². The fourth-order valence-electron chi connectivity index (χ4n) is 3.72. The van der Waals surface area contributed by atoms with Crippen LogP contribution in [0.25, 0.3) is 0 Å². The maximum atomic E-state index is 11.9. The Morgan fingerprint density at radius 3 is 1.59 bits per heavy atom. The first-order chi connectivity index (χ1) is 17.2. The molecular formula is C24H48N6O7. The molecule has 2 rings (SSSR count). The van der Waals surface area contributed by atoms with E-state index < -0.39 is 11.2 Å². The fourth-order valence-corrected chi connectivity index (χ4v) is 3.72. The van der Waals surface area contributed by atoms with E-state index in [4.69, 9.17) is 20.1 Å². The van der Waals surface area contributed by atoms with Crippen LogP contribution < -0.4 is 23.0 Å². The van der Waals surface area contributed by atoms with Crippen molar-refractivity contribution >= 4 is 24.1 Å². The molecule has 2 aliphatic heterocycles. The Kier molecular flexibility index (Phi) is 15.1. The molecule has 0 unspecified atom stereocenters. The molecule has 0 aromatic carbocycles. The lowest BCUT2D eigenvalue weighted by atomic mass is 9.98. The summed E-state index contributed by atoms with van der Waals surface area (Å²) in [6.45, 7) is 15.2. The minimum Gasteiger partial charge on any atom is -0.466 e. The Morgan fingerprint density at radius 1 is 0.811 bits per heavy atom. The van der Waals surface area contributed by atoms with E-state index in [-0.39, 0.29) is 35.9 Å². The summed E-state index contributed by atoms with van der Waals surface area (Å²) in [6.07, 6.45) is 2.41. The number of likely N-dealkylation sites (tertiary alicyclic amines) is 2. The number of hydrazine groups is 2. The Labute approximate surface area is 220 Å². The van der Waals surface area contributed by atoms with Gasteiger partial charge in [-0.2, -0.15) is 0 Å². The van der Waals surface area contributed by atoms with Crippen molar-refractivity contribution < 1.29 is 33.4 Å². The molecule has 2 atom stereocenters. The van der Waals surface area contributed by atoms with E-state index >= 15 is 0 Å². The summed E-state index contributed by atoms with van der Waals surface area (Å²) in [7, 11) is 0. The lowest BCUT2D eigenvalue weighted by molar-refractivity contribution is -0.149. The Bertz CT molecular complexity index is 736. The van der Waals surface area contributed by atoms with Gasteiger partial charge in [-0.25, -0.2) is 15.4 Å². The van der Waals surface area contributed by atoms with Crippen molar-refractivity contribution in [1.29, 1.82) is 0 Å². The van der Waals surface area contributed by atoms with Crippen LogP contribution in [-0.4, -0.2) is 77.9 Å². The molecule has 0 aromatic rings. The van der Waals surface area contributed by atoms with Crippen LogP contribution in [0.1, 0.15) is 74.1 Å². The van der Waals surface area contributed by atoms with Crippen LogP contribution in [0.3, 0.4) is 0 Å². The van der Waals surface area contributed by atoms with Gasteiger partial charge in [0.1, 0.15) is 11.2 Å². The van der Waals surface area contributed by atoms with E-state index in [0.29, 0.717) is 32.8 Å². The molecule has 13 nitrogen and oxygen atoms in total. The highest BCUT2D eigenvalue weighted by Crippen LogP contribution is 2.21. The first kappa shape index (κ1) is 34.4. The van der Waals surface area contributed by atoms with Crippen molar-refractivity contribution in [3.8, 4) is 0 Å². The number of nitrogens with one attached hydrogen (secondary N) is 1. The van der Waals surface area contributed by atoms with Gasteiger partial charge in [-0.3, -0.25) is 26.7 Å². The van der Waals surface area contributed by atoms with Crippen molar-refractivity contribution in [3.05, 3.63) is 0 Å². The first-order valence-corrected chi connectivity index (χ1v) is 12.6. The second-order valence-corrected chi connectivity index (χ2v) is 10.8. The number of ether oxygens (including phenoxy) is 3.